The quantitative estimate of drug-likeness (QED) is 0.925. The van der Waals surface area contributed by atoms with Gasteiger partial charge >= 0.3 is 6.03 Å². The lowest BCUT2D eigenvalue weighted by atomic mass is 10.1. The molecule has 132 valence electrons. The highest BCUT2D eigenvalue weighted by Gasteiger charge is 2.26. The molecule has 0 spiro atoms. The second kappa shape index (κ2) is 7.42. The van der Waals surface area contributed by atoms with E-state index in [4.69, 9.17) is 4.74 Å². The number of carbonyl (C=O) groups excluding carboxylic acids is 1. The number of amides is 2. The van der Waals surface area contributed by atoms with Crippen LogP contribution in [0.2, 0.25) is 0 Å². The number of nitrogens with zero attached hydrogens (tertiary/aromatic N) is 3. The van der Waals surface area contributed by atoms with Crippen molar-refractivity contribution in [2.24, 2.45) is 0 Å². The zero-order valence-corrected chi connectivity index (χ0v) is 13.7. The van der Waals surface area contributed by atoms with Gasteiger partial charge in [0.2, 0.25) is 5.88 Å². The summed E-state index contributed by atoms with van der Waals surface area (Å²) in [7, 11) is 0. The predicted octanol–water partition coefficient (Wildman–Crippen LogP) is 3.14. The van der Waals surface area contributed by atoms with Gasteiger partial charge in [-0.3, -0.25) is 0 Å². The van der Waals surface area contributed by atoms with Gasteiger partial charge in [-0.2, -0.15) is 5.10 Å². The minimum absolute atomic E-state index is 0.248. The van der Waals surface area contributed by atoms with Crippen molar-refractivity contribution >= 4 is 11.7 Å². The number of nitrogens with one attached hydrogen (secondary N) is 1. The van der Waals surface area contributed by atoms with E-state index < -0.39 is 23.4 Å². The Balaban J connectivity index is 1.62. The molecule has 2 aromatic rings. The number of likely N-dealkylation sites (tertiary alicyclic amines) is 1. The van der Waals surface area contributed by atoms with Crippen LogP contribution in [0.5, 0.6) is 5.88 Å². The van der Waals surface area contributed by atoms with E-state index in [1.165, 1.54) is 11.0 Å². The fourth-order valence-corrected chi connectivity index (χ4v) is 2.64. The topological polar surface area (TPSA) is 67.3 Å². The molecule has 3 rings (SSSR count). The lowest BCUT2D eigenvalue weighted by molar-refractivity contribution is 0.102. The highest BCUT2D eigenvalue weighted by Crippen LogP contribution is 2.21. The third-order valence-corrected chi connectivity index (χ3v) is 3.92. The molecule has 0 aliphatic carbocycles. The van der Waals surface area contributed by atoms with Gasteiger partial charge in [0.25, 0.3) is 0 Å². The maximum atomic E-state index is 13.7. The Morgan fingerprint density at radius 1 is 1.24 bits per heavy atom. The second-order valence-electron chi connectivity index (χ2n) is 5.87. The third-order valence-electron chi connectivity index (χ3n) is 3.92. The van der Waals surface area contributed by atoms with Crippen LogP contribution in [0.3, 0.4) is 0 Å². The van der Waals surface area contributed by atoms with Gasteiger partial charge in [-0.15, -0.1) is 5.10 Å². The summed E-state index contributed by atoms with van der Waals surface area (Å²) in [6, 6.07) is 6.38. The van der Waals surface area contributed by atoms with Crippen LogP contribution in [-0.2, 0) is 0 Å². The van der Waals surface area contributed by atoms with Crippen molar-refractivity contribution in [2.75, 3.05) is 18.4 Å². The smallest absolute Gasteiger partial charge is 0.322 e. The Kier molecular flexibility index (Phi) is 5.06. The zero-order chi connectivity index (χ0) is 17.8. The number of carbonyl (C=O) groups is 1. The SMILES string of the molecule is Cc1ccc(OC2CCCN(C(=O)Nc3c(F)cccc3F)C2)nn1. The molecule has 0 radical (unpaired) electrons. The number of anilines is 1. The van der Waals surface area contributed by atoms with Crippen LogP contribution in [0, 0.1) is 18.6 Å². The Morgan fingerprint density at radius 3 is 2.68 bits per heavy atom. The standard InChI is InChI=1S/C17H18F2N4O2/c1-11-7-8-15(22-21-11)25-12-4-3-9-23(10-12)17(24)20-16-13(18)5-2-6-14(16)19/h2,5-8,12H,3-4,9-10H2,1H3,(H,20,24). The minimum Gasteiger partial charge on any atom is -0.471 e. The highest BCUT2D eigenvalue weighted by molar-refractivity contribution is 5.89. The average molecular weight is 348 g/mol. The molecule has 1 atom stereocenters. The number of hydrogen-bond acceptors (Lipinski definition) is 4. The molecule has 25 heavy (non-hydrogen) atoms. The summed E-state index contributed by atoms with van der Waals surface area (Å²) in [6.07, 6.45) is 1.23. The maximum absolute atomic E-state index is 13.7. The number of aryl methyl sites for hydroxylation is 1. The number of hydrogen-bond donors (Lipinski definition) is 1. The first-order valence-electron chi connectivity index (χ1n) is 8.00. The lowest BCUT2D eigenvalue weighted by Gasteiger charge is -2.32. The summed E-state index contributed by atoms with van der Waals surface area (Å²) in [5.74, 6) is -1.24. The third kappa shape index (κ3) is 4.20. The first kappa shape index (κ1) is 17.1. The van der Waals surface area contributed by atoms with Gasteiger partial charge < -0.3 is 15.0 Å². The van der Waals surface area contributed by atoms with E-state index in [1.54, 1.807) is 12.1 Å². The molecule has 1 saturated heterocycles. The Bertz CT molecular complexity index is 735. The molecular weight excluding hydrogens is 330 g/mol. The monoisotopic (exact) mass is 348 g/mol. The maximum Gasteiger partial charge on any atom is 0.322 e. The largest absolute Gasteiger partial charge is 0.471 e. The summed E-state index contributed by atoms with van der Waals surface area (Å²) in [5, 5.41) is 10.2. The molecule has 0 bridgehead atoms. The van der Waals surface area contributed by atoms with Crippen LogP contribution >= 0.6 is 0 Å². The molecule has 1 fully saturated rings. The van der Waals surface area contributed by atoms with Crippen molar-refractivity contribution in [3.05, 3.63) is 47.7 Å². The van der Waals surface area contributed by atoms with Crippen LogP contribution in [0.25, 0.3) is 0 Å². The number of piperidine rings is 1. The molecule has 2 amide bonds. The molecule has 2 heterocycles. The Hall–Kier alpha value is -2.77. The van der Waals surface area contributed by atoms with E-state index in [-0.39, 0.29) is 6.10 Å². The molecule has 8 heteroatoms. The van der Waals surface area contributed by atoms with E-state index in [0.29, 0.717) is 19.0 Å². The van der Waals surface area contributed by atoms with E-state index >= 15 is 0 Å². The summed E-state index contributed by atoms with van der Waals surface area (Å²) in [5.41, 5.74) is 0.337. The summed E-state index contributed by atoms with van der Waals surface area (Å²) < 4.78 is 33.1. The zero-order valence-electron chi connectivity index (χ0n) is 13.7. The van der Waals surface area contributed by atoms with Crippen molar-refractivity contribution in [3.8, 4) is 5.88 Å². The summed E-state index contributed by atoms with van der Waals surface area (Å²) in [4.78, 5) is 13.8. The molecule has 1 aromatic carbocycles. The average Bonchev–Trinajstić information content (AvgIpc) is 2.60. The van der Waals surface area contributed by atoms with Gasteiger partial charge in [0.15, 0.2) is 0 Å². The highest BCUT2D eigenvalue weighted by atomic mass is 19.1. The van der Waals surface area contributed by atoms with Crippen molar-refractivity contribution in [3.63, 3.8) is 0 Å². The van der Waals surface area contributed by atoms with Crippen LogP contribution in [-0.4, -0.2) is 40.3 Å². The fourth-order valence-electron chi connectivity index (χ4n) is 2.64. The number of urea groups is 1. The summed E-state index contributed by atoms with van der Waals surface area (Å²) in [6.45, 7) is 2.62. The molecule has 0 saturated carbocycles. The first-order valence-corrected chi connectivity index (χ1v) is 8.00. The van der Waals surface area contributed by atoms with Crippen molar-refractivity contribution < 1.29 is 18.3 Å². The number of halogens is 2. The number of aromatic nitrogens is 2. The molecule has 1 aliphatic heterocycles. The number of ether oxygens (including phenoxy) is 1. The van der Waals surface area contributed by atoms with Crippen molar-refractivity contribution in [1.82, 2.24) is 15.1 Å². The number of rotatable bonds is 3. The molecule has 1 N–H and O–H groups in total. The van der Waals surface area contributed by atoms with Gasteiger partial charge in [-0.25, -0.2) is 13.6 Å². The normalized spacial score (nSPS) is 17.2. The predicted molar refractivity (Wildman–Crippen MR) is 87.4 cm³/mol. The van der Waals surface area contributed by atoms with E-state index in [0.717, 1.165) is 30.7 Å². The Labute approximate surface area is 143 Å². The van der Waals surface area contributed by atoms with Crippen molar-refractivity contribution in [1.29, 1.82) is 0 Å². The fraction of sp³-hybridized carbons (Fsp3) is 0.353. The lowest BCUT2D eigenvalue weighted by Crippen LogP contribution is -2.46. The van der Waals surface area contributed by atoms with E-state index in [1.807, 2.05) is 6.92 Å². The molecule has 1 aromatic heterocycles. The molecule has 1 aliphatic rings. The second-order valence-corrected chi connectivity index (χ2v) is 5.87. The van der Waals surface area contributed by atoms with E-state index in [9.17, 15) is 13.6 Å². The van der Waals surface area contributed by atoms with Gasteiger partial charge in [-0.1, -0.05) is 6.07 Å². The molecular formula is C17H18F2N4O2. The Morgan fingerprint density at radius 2 is 2.00 bits per heavy atom. The van der Waals surface area contributed by atoms with Crippen molar-refractivity contribution in [2.45, 2.75) is 25.9 Å². The van der Waals surface area contributed by atoms with Gasteiger partial charge in [0.05, 0.1) is 12.2 Å². The minimum atomic E-state index is -0.812. The van der Waals surface area contributed by atoms with Gasteiger partial charge in [0, 0.05) is 12.6 Å². The molecule has 1 unspecified atom stereocenters. The van der Waals surface area contributed by atoms with Crippen LogP contribution in [0.1, 0.15) is 18.5 Å². The van der Waals surface area contributed by atoms with Crippen LogP contribution in [0.15, 0.2) is 30.3 Å². The summed E-state index contributed by atoms with van der Waals surface area (Å²) >= 11 is 0. The first-order chi connectivity index (χ1) is 12.0. The number of benzene rings is 1. The molecule has 6 nitrogen and oxygen atoms in total. The van der Waals surface area contributed by atoms with Gasteiger partial charge in [0.1, 0.15) is 23.4 Å². The number of para-hydroxylation sites is 1. The van der Waals surface area contributed by atoms with E-state index in [2.05, 4.69) is 15.5 Å². The van der Waals surface area contributed by atoms with Crippen LogP contribution in [0.4, 0.5) is 19.3 Å². The van der Waals surface area contributed by atoms with Gasteiger partial charge in [-0.05, 0) is 38.0 Å². The van der Waals surface area contributed by atoms with Crippen LogP contribution < -0.4 is 10.1 Å².